The number of carboxylic acids is 1. The first-order valence-corrected chi connectivity index (χ1v) is 22.9. The molecule has 5 aromatic rings. The van der Waals surface area contributed by atoms with Crippen LogP contribution in [0.4, 0.5) is 10.5 Å². The summed E-state index contributed by atoms with van der Waals surface area (Å²) in [6.07, 6.45) is -1.01. The minimum Gasteiger partial charge on any atom is -0.497 e. The van der Waals surface area contributed by atoms with Gasteiger partial charge < -0.3 is 35.1 Å². The predicted molar refractivity (Wildman–Crippen MR) is 246 cm³/mol. The van der Waals surface area contributed by atoms with Crippen LogP contribution in [0.2, 0.25) is 0 Å². The molecule has 16 nitrogen and oxygen atoms in total. The molecule has 1 aromatic heterocycles. The van der Waals surface area contributed by atoms with Gasteiger partial charge in [-0.15, -0.1) is 6.58 Å². The average molecular weight is 920 g/mol. The van der Waals surface area contributed by atoms with E-state index in [2.05, 4.69) is 21.9 Å². The Labute approximate surface area is 383 Å². The molecule has 5 N–H and O–H groups in total. The van der Waals surface area contributed by atoms with Gasteiger partial charge in [0.1, 0.15) is 45.9 Å². The third-order valence-corrected chi connectivity index (χ3v) is 12.7. The van der Waals surface area contributed by atoms with E-state index in [0.717, 1.165) is 11.1 Å². The molecule has 66 heavy (non-hydrogen) atoms. The molecular formula is C49H53N5O11S. The number of benzene rings is 4. The monoisotopic (exact) mass is 919 g/mol. The molecule has 1 aliphatic heterocycles. The van der Waals surface area contributed by atoms with Crippen LogP contribution in [0, 0.1) is 5.92 Å². The van der Waals surface area contributed by atoms with Crippen LogP contribution in [0.1, 0.15) is 51.2 Å². The predicted octanol–water partition coefficient (Wildman–Crippen LogP) is 6.22. The van der Waals surface area contributed by atoms with Gasteiger partial charge in [0.05, 0.1) is 30.6 Å². The molecule has 17 heteroatoms. The summed E-state index contributed by atoms with van der Waals surface area (Å²) in [6.45, 7) is 8.85. The topological polar surface area (TPSA) is 223 Å². The molecule has 1 aliphatic carbocycles. The maximum atomic E-state index is 14.4. The second-order valence-electron chi connectivity index (χ2n) is 17.4. The number of carboxylic acid groups (broad SMARTS) is 1. The number of methoxy groups -OCH3 is 1. The van der Waals surface area contributed by atoms with E-state index < -0.39 is 69.3 Å². The quantitative estimate of drug-likeness (QED) is 0.0517. The largest absolute Gasteiger partial charge is 0.497 e. The number of rotatable bonds is 17. The number of nitrogens with zero attached hydrogens (tertiary/aromatic N) is 2. The number of para-hydroxylation sites is 1. The van der Waals surface area contributed by atoms with Gasteiger partial charge >= 0.3 is 12.1 Å². The highest BCUT2D eigenvalue weighted by Crippen LogP contribution is 2.45. The number of sulfonamides is 1. The Bertz CT molecular complexity index is 2760. The molecule has 7 rings (SSSR count). The van der Waals surface area contributed by atoms with Crippen molar-refractivity contribution in [1.82, 2.24) is 19.9 Å². The summed E-state index contributed by atoms with van der Waals surface area (Å²) in [5.41, 5.74) is 0.862. The van der Waals surface area contributed by atoms with E-state index in [1.165, 1.54) is 29.2 Å². The van der Waals surface area contributed by atoms with Crippen molar-refractivity contribution in [2.75, 3.05) is 19.0 Å². The van der Waals surface area contributed by atoms with Crippen LogP contribution in [-0.2, 0) is 42.0 Å². The summed E-state index contributed by atoms with van der Waals surface area (Å²) in [4.78, 5) is 59.2. The number of aryl methyl sites for hydroxylation is 1. The first kappa shape index (κ1) is 47.0. The Morgan fingerprint density at radius 2 is 1.70 bits per heavy atom. The highest BCUT2D eigenvalue weighted by molar-refractivity contribution is 7.90. The normalized spacial score (nSPS) is 19.6. The van der Waals surface area contributed by atoms with Gasteiger partial charge in [-0.2, -0.15) is 0 Å². The molecule has 4 aromatic carbocycles. The summed E-state index contributed by atoms with van der Waals surface area (Å²) in [6, 6.07) is 28.3. The summed E-state index contributed by atoms with van der Waals surface area (Å²) in [7, 11) is -3.07. The highest BCUT2D eigenvalue weighted by atomic mass is 32.2. The van der Waals surface area contributed by atoms with Gasteiger partial charge in [0.2, 0.25) is 5.91 Å². The first-order valence-electron chi connectivity index (χ1n) is 21.4. The number of hydrogen-bond donors (Lipinski definition) is 5. The van der Waals surface area contributed by atoms with E-state index in [1.807, 2.05) is 36.4 Å². The van der Waals surface area contributed by atoms with E-state index in [1.54, 1.807) is 76.4 Å². The fourth-order valence-corrected chi connectivity index (χ4v) is 9.24. The lowest BCUT2D eigenvalue weighted by molar-refractivity contribution is -0.137. The lowest BCUT2D eigenvalue weighted by Crippen LogP contribution is -2.56. The Hall–Kier alpha value is -6.98. The number of amides is 3. The van der Waals surface area contributed by atoms with Gasteiger partial charge in [0, 0.05) is 48.3 Å². The van der Waals surface area contributed by atoms with Crippen LogP contribution < -0.4 is 24.8 Å². The molecule has 0 radical (unpaired) electrons. The van der Waals surface area contributed by atoms with Crippen molar-refractivity contribution in [3.05, 3.63) is 127 Å². The van der Waals surface area contributed by atoms with Gasteiger partial charge in [-0.25, -0.2) is 22.9 Å². The SMILES string of the molecule is C=C[C@@H]1C[C@]1(NC(=O)[C@@H]1C[C@@H](Oc2cc(-c3ccccc3)nc3cc(OC)ccc23)CN1C(=O)OC(C)(C)C)C(=O)NS(=O)(=O)c1ccccc1NC(O)Cc1cccc(CCC(=O)O)c1. The summed E-state index contributed by atoms with van der Waals surface area (Å²) in [5.74, 6) is -2.29. The third kappa shape index (κ3) is 10.9. The molecule has 346 valence electrons. The molecular weight excluding hydrogens is 867 g/mol. The molecule has 3 amide bonds. The second kappa shape index (κ2) is 19.2. The van der Waals surface area contributed by atoms with Gasteiger partial charge in [-0.1, -0.05) is 72.8 Å². The number of fused-ring (bicyclic) bond motifs is 1. The number of pyridine rings is 1. The van der Waals surface area contributed by atoms with Gasteiger partial charge in [-0.3, -0.25) is 19.3 Å². The minimum absolute atomic E-state index is 0.00323. The fraction of sp³-hybridized carbons (Fsp3) is 0.327. The molecule has 2 heterocycles. The minimum atomic E-state index is -4.63. The maximum Gasteiger partial charge on any atom is 0.411 e. The van der Waals surface area contributed by atoms with Crippen molar-refractivity contribution >= 4 is 50.5 Å². The number of anilines is 1. The van der Waals surface area contributed by atoms with Crippen LogP contribution in [0.15, 0.2) is 121 Å². The average Bonchev–Trinajstić information content (AvgIpc) is 3.83. The number of carbonyl (C=O) groups is 4. The van der Waals surface area contributed by atoms with Crippen molar-refractivity contribution in [3.63, 3.8) is 0 Å². The zero-order chi connectivity index (χ0) is 47.4. The summed E-state index contributed by atoms with van der Waals surface area (Å²) >= 11 is 0. The van der Waals surface area contributed by atoms with Crippen LogP contribution >= 0.6 is 0 Å². The van der Waals surface area contributed by atoms with Crippen LogP contribution in [-0.4, -0.2) is 95.6 Å². The van der Waals surface area contributed by atoms with Crippen molar-refractivity contribution < 1.29 is 52.0 Å². The molecule has 0 spiro atoms. The van der Waals surface area contributed by atoms with Crippen molar-refractivity contribution in [1.29, 1.82) is 0 Å². The number of nitrogens with one attached hydrogen (secondary N) is 3. The number of aliphatic hydroxyl groups excluding tert-OH is 1. The van der Waals surface area contributed by atoms with E-state index >= 15 is 0 Å². The maximum absolute atomic E-state index is 14.4. The Morgan fingerprint density at radius 1 is 0.970 bits per heavy atom. The molecule has 1 saturated heterocycles. The van der Waals surface area contributed by atoms with Crippen LogP contribution in [0.3, 0.4) is 0 Å². The third-order valence-electron chi connectivity index (χ3n) is 11.4. The zero-order valence-electron chi connectivity index (χ0n) is 37.0. The number of ether oxygens (including phenoxy) is 3. The van der Waals surface area contributed by atoms with Crippen molar-refractivity contribution in [2.24, 2.45) is 5.92 Å². The lowest BCUT2D eigenvalue weighted by Gasteiger charge is -2.29. The van der Waals surface area contributed by atoms with Gasteiger partial charge in [-0.05, 0) is 69.0 Å². The fourth-order valence-electron chi connectivity index (χ4n) is 8.03. The molecule has 1 unspecified atom stereocenters. The Balaban J connectivity index is 1.10. The van der Waals surface area contributed by atoms with Gasteiger partial charge in [0.15, 0.2) is 0 Å². The number of aliphatic hydroxyl groups is 1. The second-order valence-corrected chi connectivity index (χ2v) is 19.0. The van der Waals surface area contributed by atoms with Crippen LogP contribution in [0.5, 0.6) is 11.5 Å². The van der Waals surface area contributed by atoms with E-state index in [-0.39, 0.29) is 42.8 Å². The highest BCUT2D eigenvalue weighted by Gasteiger charge is 2.61. The first-order chi connectivity index (χ1) is 31.4. The number of aliphatic carboxylic acids is 1. The van der Waals surface area contributed by atoms with E-state index in [0.29, 0.717) is 40.1 Å². The Morgan fingerprint density at radius 3 is 2.39 bits per heavy atom. The number of likely N-dealkylation sites (tertiary alicyclic amines) is 1. The van der Waals surface area contributed by atoms with Crippen molar-refractivity contribution in [2.45, 2.75) is 87.3 Å². The van der Waals surface area contributed by atoms with Gasteiger partial charge in [0.25, 0.3) is 15.9 Å². The summed E-state index contributed by atoms with van der Waals surface area (Å²) < 4.78 is 47.9. The summed E-state index contributed by atoms with van der Waals surface area (Å²) in [5, 5.41) is 26.3. The number of aromatic nitrogens is 1. The number of hydrogen-bond acceptors (Lipinski definition) is 12. The van der Waals surface area contributed by atoms with E-state index in [4.69, 9.17) is 24.3 Å². The molecule has 5 atom stereocenters. The number of carbonyl (C=O) groups excluding carboxylic acids is 3. The molecule has 1 saturated carbocycles. The smallest absolute Gasteiger partial charge is 0.411 e. The zero-order valence-corrected chi connectivity index (χ0v) is 37.8. The Kier molecular flexibility index (Phi) is 13.7. The van der Waals surface area contributed by atoms with Crippen molar-refractivity contribution in [3.8, 4) is 22.8 Å². The lowest BCUT2D eigenvalue weighted by atomic mass is 10.0. The molecule has 0 bridgehead atoms. The molecule has 2 aliphatic rings. The standard InChI is InChI=1S/C49H53N5O11S/c1-6-33-28-49(33,46(59)53-66(61,62)42-18-11-10-17-37(42)51-43(55)24-31-14-12-13-30(23-31)19-22-44(56)57)52-45(58)40-26-35(29-54(40)47(60)65-48(2,3)4)64-41-27-38(32-15-8-7-9-16-32)50-39-25-34(63-5)20-21-36(39)41/h6-18,20-21,23,25,27,33,35,40,43,51,55H,1,19,22,24,26,28-29H2,2-5H3,(H,52,58)(H,53,59)(H,56,57)/t33-,35-,40+,43?,49-/m1/s1. The van der Waals surface area contributed by atoms with E-state index in [9.17, 15) is 32.7 Å². The molecule has 2 fully saturated rings. The van der Waals surface area contributed by atoms with Crippen LogP contribution in [0.25, 0.3) is 22.2 Å².